The van der Waals surface area contributed by atoms with E-state index in [1.165, 1.54) is 0 Å². The van der Waals surface area contributed by atoms with Crippen molar-refractivity contribution in [2.24, 2.45) is 0 Å². The fraction of sp³-hybridized carbons (Fsp3) is 0.207. The van der Waals surface area contributed by atoms with Gasteiger partial charge in [0.05, 0.1) is 11.3 Å². The van der Waals surface area contributed by atoms with Gasteiger partial charge in [-0.05, 0) is 85.8 Å². The zero-order chi connectivity index (χ0) is 25.8. The first-order valence-electron chi connectivity index (χ1n) is 11.8. The molecule has 0 aliphatic carbocycles. The molecule has 0 aromatic heterocycles. The number of rotatable bonds is 8. The first-order chi connectivity index (χ1) is 17.3. The molecular formula is C29H27ClN2O4. The quantitative estimate of drug-likeness (QED) is 0.222. The number of anilines is 2. The molecule has 0 radical (unpaired) electrons. The van der Waals surface area contributed by atoms with Crippen LogP contribution in [0, 0.1) is 13.8 Å². The van der Waals surface area contributed by atoms with Gasteiger partial charge in [0.25, 0.3) is 11.8 Å². The zero-order valence-corrected chi connectivity index (χ0v) is 21.2. The van der Waals surface area contributed by atoms with E-state index in [-0.39, 0.29) is 10.7 Å². The smallest absolute Gasteiger partial charge is 0.343 e. The molecule has 3 aromatic carbocycles. The predicted octanol–water partition coefficient (Wildman–Crippen LogP) is 6.30. The molecule has 1 aliphatic heterocycles. The van der Waals surface area contributed by atoms with E-state index in [9.17, 15) is 14.4 Å². The Morgan fingerprint density at radius 2 is 1.64 bits per heavy atom. The van der Waals surface area contributed by atoms with Crippen LogP contribution in [0.15, 0.2) is 77.5 Å². The third-order valence-corrected chi connectivity index (χ3v) is 6.33. The first kappa shape index (κ1) is 25.2. The summed E-state index contributed by atoms with van der Waals surface area (Å²) >= 11 is 6.25. The second-order valence-corrected chi connectivity index (χ2v) is 9.14. The highest BCUT2D eigenvalue weighted by molar-refractivity contribution is 6.53. The standard InChI is InChI=1S/C29H27ClN2O4/c1-4-5-6-20-9-15-23(16-10-20)32-27(33)25(30)26(28(32)34)31-22-13-11-21(12-14-22)29(35)36-24-17-18(2)7-8-19(24)3/h7-17,31H,4-6H2,1-3H3. The van der Waals surface area contributed by atoms with Crippen molar-refractivity contribution >= 4 is 40.8 Å². The van der Waals surface area contributed by atoms with Crippen LogP contribution in [0.4, 0.5) is 11.4 Å². The Morgan fingerprint density at radius 1 is 0.944 bits per heavy atom. The van der Waals surface area contributed by atoms with Crippen LogP contribution in [0.3, 0.4) is 0 Å². The molecule has 3 aromatic rings. The number of unbranched alkanes of at least 4 members (excludes halogenated alkanes) is 1. The monoisotopic (exact) mass is 502 g/mol. The molecule has 4 rings (SSSR count). The number of halogens is 1. The Bertz CT molecular complexity index is 1340. The molecule has 1 aliphatic rings. The lowest BCUT2D eigenvalue weighted by atomic mass is 10.1. The normalized spacial score (nSPS) is 13.4. The average Bonchev–Trinajstić information content (AvgIpc) is 3.08. The van der Waals surface area contributed by atoms with Gasteiger partial charge >= 0.3 is 5.97 Å². The summed E-state index contributed by atoms with van der Waals surface area (Å²) in [6, 6.07) is 19.4. The third-order valence-electron chi connectivity index (χ3n) is 5.98. The molecule has 0 fully saturated rings. The number of nitrogens with zero attached hydrogens (tertiary/aromatic N) is 1. The lowest BCUT2D eigenvalue weighted by Crippen LogP contribution is -2.32. The molecule has 0 saturated heterocycles. The number of aryl methyl sites for hydroxylation is 3. The molecule has 184 valence electrons. The zero-order valence-electron chi connectivity index (χ0n) is 20.4. The summed E-state index contributed by atoms with van der Waals surface area (Å²) in [6.45, 7) is 5.93. The van der Waals surface area contributed by atoms with Gasteiger partial charge in [0.1, 0.15) is 16.5 Å². The molecule has 2 amide bonds. The summed E-state index contributed by atoms with van der Waals surface area (Å²) < 4.78 is 5.53. The van der Waals surface area contributed by atoms with E-state index in [0.717, 1.165) is 40.9 Å². The summed E-state index contributed by atoms with van der Waals surface area (Å²) in [5.41, 5.74) is 4.30. The Kier molecular flexibility index (Phi) is 7.55. The number of nitrogens with one attached hydrogen (secondary N) is 1. The second kappa shape index (κ2) is 10.8. The van der Waals surface area contributed by atoms with Gasteiger partial charge in [-0.25, -0.2) is 9.69 Å². The molecule has 36 heavy (non-hydrogen) atoms. The van der Waals surface area contributed by atoms with Crippen LogP contribution in [0.25, 0.3) is 0 Å². The van der Waals surface area contributed by atoms with Gasteiger partial charge < -0.3 is 10.1 Å². The molecule has 0 spiro atoms. The number of hydrogen-bond acceptors (Lipinski definition) is 5. The van der Waals surface area contributed by atoms with Gasteiger partial charge in [0.2, 0.25) is 0 Å². The molecule has 6 nitrogen and oxygen atoms in total. The number of imide groups is 1. The second-order valence-electron chi connectivity index (χ2n) is 8.77. The van der Waals surface area contributed by atoms with Gasteiger partial charge in [-0.3, -0.25) is 9.59 Å². The van der Waals surface area contributed by atoms with Crippen LogP contribution in [-0.2, 0) is 16.0 Å². The van der Waals surface area contributed by atoms with Crippen molar-refractivity contribution in [1.82, 2.24) is 0 Å². The van der Waals surface area contributed by atoms with Crippen LogP contribution >= 0.6 is 11.6 Å². The number of benzene rings is 3. The Hall–Kier alpha value is -3.90. The largest absolute Gasteiger partial charge is 0.423 e. The van der Waals surface area contributed by atoms with Gasteiger partial charge in [0.15, 0.2) is 0 Å². The van der Waals surface area contributed by atoms with Crippen molar-refractivity contribution in [2.75, 3.05) is 10.2 Å². The van der Waals surface area contributed by atoms with Crippen molar-refractivity contribution in [3.63, 3.8) is 0 Å². The molecule has 0 unspecified atom stereocenters. The van der Waals surface area contributed by atoms with E-state index in [1.807, 2.05) is 44.2 Å². The molecule has 1 heterocycles. The minimum absolute atomic E-state index is 0.0116. The van der Waals surface area contributed by atoms with E-state index < -0.39 is 17.8 Å². The van der Waals surface area contributed by atoms with Gasteiger partial charge in [0, 0.05) is 5.69 Å². The predicted molar refractivity (Wildman–Crippen MR) is 141 cm³/mol. The van der Waals surface area contributed by atoms with Crippen LogP contribution in [0.2, 0.25) is 0 Å². The number of amides is 2. The van der Waals surface area contributed by atoms with Crippen LogP contribution in [0.1, 0.15) is 46.8 Å². The summed E-state index contributed by atoms with van der Waals surface area (Å²) in [7, 11) is 0. The summed E-state index contributed by atoms with van der Waals surface area (Å²) in [4.78, 5) is 39.5. The highest BCUT2D eigenvalue weighted by atomic mass is 35.5. The fourth-order valence-corrected chi connectivity index (χ4v) is 4.06. The van der Waals surface area contributed by atoms with Crippen LogP contribution in [-0.4, -0.2) is 17.8 Å². The van der Waals surface area contributed by atoms with Gasteiger partial charge in [-0.2, -0.15) is 0 Å². The van der Waals surface area contributed by atoms with Crippen LogP contribution < -0.4 is 15.0 Å². The van der Waals surface area contributed by atoms with E-state index in [0.29, 0.717) is 22.7 Å². The minimum atomic E-state index is -0.584. The molecule has 0 atom stereocenters. The molecule has 1 N–H and O–H groups in total. The van der Waals surface area contributed by atoms with Crippen molar-refractivity contribution in [3.05, 3.63) is 99.7 Å². The highest BCUT2D eigenvalue weighted by Crippen LogP contribution is 2.30. The SMILES string of the molecule is CCCCc1ccc(N2C(=O)C(Cl)=C(Nc3ccc(C(=O)Oc4cc(C)ccc4C)cc3)C2=O)cc1. The van der Waals surface area contributed by atoms with E-state index >= 15 is 0 Å². The van der Waals surface area contributed by atoms with Gasteiger partial charge in [-0.15, -0.1) is 0 Å². The Labute approximate surface area is 215 Å². The Balaban J connectivity index is 1.45. The van der Waals surface area contributed by atoms with Gasteiger partial charge in [-0.1, -0.05) is 49.2 Å². The average molecular weight is 503 g/mol. The van der Waals surface area contributed by atoms with Crippen LogP contribution in [0.5, 0.6) is 5.75 Å². The maximum absolute atomic E-state index is 13.1. The number of esters is 1. The number of carbonyl (C=O) groups is 3. The van der Waals surface area contributed by atoms with Crippen molar-refractivity contribution in [3.8, 4) is 5.75 Å². The summed E-state index contributed by atoms with van der Waals surface area (Å²) in [5.74, 6) is -1.11. The summed E-state index contributed by atoms with van der Waals surface area (Å²) in [6.07, 6.45) is 3.11. The molecule has 0 saturated carbocycles. The number of ether oxygens (including phenoxy) is 1. The number of carbonyl (C=O) groups excluding carboxylic acids is 3. The molecule has 0 bridgehead atoms. The molecular weight excluding hydrogens is 476 g/mol. The fourth-order valence-electron chi connectivity index (χ4n) is 3.85. The summed E-state index contributed by atoms with van der Waals surface area (Å²) in [5, 5.41) is 2.74. The minimum Gasteiger partial charge on any atom is -0.423 e. The maximum Gasteiger partial charge on any atom is 0.343 e. The first-order valence-corrected chi connectivity index (χ1v) is 12.2. The third kappa shape index (κ3) is 5.34. The van der Waals surface area contributed by atoms with Crippen molar-refractivity contribution in [1.29, 1.82) is 0 Å². The van der Waals surface area contributed by atoms with Crippen molar-refractivity contribution < 1.29 is 19.1 Å². The molecule has 7 heteroatoms. The topological polar surface area (TPSA) is 75.7 Å². The number of hydrogen-bond donors (Lipinski definition) is 1. The van der Waals surface area contributed by atoms with E-state index in [2.05, 4.69) is 12.2 Å². The van der Waals surface area contributed by atoms with E-state index in [4.69, 9.17) is 16.3 Å². The maximum atomic E-state index is 13.1. The lowest BCUT2D eigenvalue weighted by Gasteiger charge is -2.15. The lowest BCUT2D eigenvalue weighted by molar-refractivity contribution is -0.120. The highest BCUT2D eigenvalue weighted by Gasteiger charge is 2.38. The Morgan fingerprint density at radius 3 is 2.31 bits per heavy atom. The van der Waals surface area contributed by atoms with E-state index in [1.54, 1.807) is 36.4 Å². The van der Waals surface area contributed by atoms with Crippen molar-refractivity contribution in [2.45, 2.75) is 40.0 Å².